The molecule has 0 radical (unpaired) electrons. The van der Waals surface area contributed by atoms with Crippen molar-refractivity contribution in [2.75, 3.05) is 17.2 Å². The molecule has 1 saturated carbocycles. The number of carbonyl (C=O) groups is 1. The third kappa shape index (κ3) is 5.07. The van der Waals surface area contributed by atoms with E-state index in [1.54, 1.807) is 6.92 Å². The lowest BCUT2D eigenvalue weighted by atomic mass is 9.96. The Kier molecular flexibility index (Phi) is 7.22. The number of benzene rings is 1. The van der Waals surface area contributed by atoms with Crippen molar-refractivity contribution in [3.8, 4) is 0 Å². The second kappa shape index (κ2) is 9.63. The second-order valence-electron chi connectivity index (χ2n) is 7.77. The number of amides is 1. The van der Waals surface area contributed by atoms with Crippen molar-refractivity contribution in [2.45, 2.75) is 77.9 Å². The van der Waals surface area contributed by atoms with E-state index in [0.29, 0.717) is 6.04 Å². The molecule has 2 aliphatic rings. The number of amidine groups is 1. The lowest BCUT2D eigenvalue weighted by molar-refractivity contribution is -0.117. The molecule has 0 N–H and O–H groups in total. The van der Waals surface area contributed by atoms with Crippen LogP contribution < -0.4 is 4.90 Å². The molecule has 0 bridgehead atoms. The van der Waals surface area contributed by atoms with Gasteiger partial charge in [0.1, 0.15) is 6.17 Å². The molecule has 1 heterocycles. The van der Waals surface area contributed by atoms with Gasteiger partial charge in [0.15, 0.2) is 5.17 Å². The Morgan fingerprint density at radius 3 is 2.56 bits per heavy atom. The van der Waals surface area contributed by atoms with Crippen LogP contribution in [0.1, 0.15) is 64.4 Å². The summed E-state index contributed by atoms with van der Waals surface area (Å²) in [6, 6.07) is 8.77. The molecule has 1 aliphatic carbocycles. The molecular weight excluding hydrogens is 354 g/mol. The van der Waals surface area contributed by atoms with Crippen LogP contribution in [0.4, 0.5) is 5.69 Å². The molecule has 1 aromatic carbocycles. The molecule has 27 heavy (non-hydrogen) atoms. The van der Waals surface area contributed by atoms with Gasteiger partial charge >= 0.3 is 0 Å². The first kappa shape index (κ1) is 20.2. The lowest BCUT2D eigenvalue weighted by Gasteiger charge is -2.35. The summed E-state index contributed by atoms with van der Waals surface area (Å²) in [5.41, 5.74) is 2.20. The summed E-state index contributed by atoms with van der Waals surface area (Å²) >= 11 is 1.83. The standard InChI is InChI=1S/C22H33N3OS/c1-4-5-15-24-21(16-27-22(24)23-19-9-7-6-8-10-19)25(18(3)26)20-13-11-17(2)12-14-20/h11-14,19,21H,4-10,15-16H2,1-3H3. The van der Waals surface area contributed by atoms with E-state index in [1.165, 1.54) is 37.7 Å². The van der Waals surface area contributed by atoms with Gasteiger partial charge in [-0.1, -0.05) is 62.1 Å². The van der Waals surface area contributed by atoms with Gasteiger partial charge in [0.2, 0.25) is 5.91 Å². The van der Waals surface area contributed by atoms with Crippen LogP contribution in [0.2, 0.25) is 0 Å². The minimum absolute atomic E-state index is 0.0593. The van der Waals surface area contributed by atoms with E-state index in [0.717, 1.165) is 36.0 Å². The molecule has 3 rings (SSSR count). The fourth-order valence-electron chi connectivity index (χ4n) is 3.98. The van der Waals surface area contributed by atoms with E-state index in [2.05, 4.69) is 43.0 Å². The average Bonchev–Trinajstić information content (AvgIpc) is 3.04. The van der Waals surface area contributed by atoms with Crippen LogP contribution in [-0.2, 0) is 4.79 Å². The summed E-state index contributed by atoms with van der Waals surface area (Å²) in [6.45, 7) is 6.95. The fraction of sp³-hybridized carbons (Fsp3) is 0.636. The van der Waals surface area contributed by atoms with Gasteiger partial charge in [0.05, 0.1) is 6.04 Å². The molecule has 1 atom stereocenters. The molecule has 0 spiro atoms. The van der Waals surface area contributed by atoms with E-state index >= 15 is 0 Å². The quantitative estimate of drug-likeness (QED) is 0.672. The number of rotatable bonds is 6. The Morgan fingerprint density at radius 1 is 1.22 bits per heavy atom. The molecule has 4 nitrogen and oxygen atoms in total. The first-order chi connectivity index (χ1) is 13.1. The number of hydrogen-bond acceptors (Lipinski definition) is 3. The van der Waals surface area contributed by atoms with Gasteiger partial charge < -0.3 is 4.90 Å². The van der Waals surface area contributed by atoms with Gasteiger partial charge in [-0.05, 0) is 38.3 Å². The predicted octanol–water partition coefficient (Wildman–Crippen LogP) is 5.21. The highest BCUT2D eigenvalue weighted by Gasteiger charge is 2.36. The summed E-state index contributed by atoms with van der Waals surface area (Å²) in [5, 5.41) is 1.15. The van der Waals surface area contributed by atoms with Gasteiger partial charge in [-0.3, -0.25) is 14.7 Å². The van der Waals surface area contributed by atoms with Crippen molar-refractivity contribution in [1.29, 1.82) is 0 Å². The zero-order chi connectivity index (χ0) is 19.2. The van der Waals surface area contributed by atoms with Crippen LogP contribution >= 0.6 is 11.8 Å². The van der Waals surface area contributed by atoms with Crippen molar-refractivity contribution < 1.29 is 4.79 Å². The van der Waals surface area contributed by atoms with Crippen LogP contribution in [0, 0.1) is 6.92 Å². The Bertz CT molecular complexity index is 652. The van der Waals surface area contributed by atoms with Crippen LogP contribution in [0.25, 0.3) is 0 Å². The Balaban J connectivity index is 1.85. The first-order valence-corrected chi connectivity index (χ1v) is 11.4. The number of thioether (sulfide) groups is 1. The van der Waals surface area contributed by atoms with E-state index in [4.69, 9.17) is 4.99 Å². The third-order valence-electron chi connectivity index (χ3n) is 5.54. The SMILES string of the molecule is CCCCN1C(=NC2CCCCC2)SCC1N(C(C)=O)c1ccc(C)cc1. The monoisotopic (exact) mass is 387 g/mol. The third-order valence-corrected chi connectivity index (χ3v) is 6.60. The summed E-state index contributed by atoms with van der Waals surface area (Å²) in [6.07, 6.45) is 8.71. The van der Waals surface area contributed by atoms with Gasteiger partial charge in [-0.15, -0.1) is 0 Å². The maximum absolute atomic E-state index is 12.6. The fourth-order valence-corrected chi connectivity index (χ4v) is 5.21. The van der Waals surface area contributed by atoms with Crippen LogP contribution in [-0.4, -0.2) is 40.5 Å². The molecule has 1 aromatic rings. The Hall–Kier alpha value is -1.49. The van der Waals surface area contributed by atoms with E-state index in [9.17, 15) is 4.79 Å². The molecule has 1 amide bonds. The average molecular weight is 388 g/mol. The van der Waals surface area contributed by atoms with Gasteiger partial charge in [0, 0.05) is 24.9 Å². The summed E-state index contributed by atoms with van der Waals surface area (Å²) in [4.78, 5) is 22.1. The molecule has 2 fully saturated rings. The molecule has 5 heteroatoms. The number of anilines is 1. The number of carbonyl (C=O) groups excluding carboxylic acids is 1. The van der Waals surface area contributed by atoms with Crippen molar-refractivity contribution >= 4 is 28.5 Å². The highest BCUT2D eigenvalue weighted by molar-refractivity contribution is 8.14. The highest BCUT2D eigenvalue weighted by atomic mass is 32.2. The van der Waals surface area contributed by atoms with Crippen molar-refractivity contribution in [1.82, 2.24) is 4.90 Å². The molecule has 0 aromatic heterocycles. The van der Waals surface area contributed by atoms with Gasteiger partial charge in [-0.25, -0.2) is 0 Å². The number of aryl methyl sites for hydroxylation is 1. The number of nitrogens with zero attached hydrogens (tertiary/aromatic N) is 3. The Morgan fingerprint density at radius 2 is 1.93 bits per heavy atom. The molecule has 1 aliphatic heterocycles. The minimum atomic E-state index is 0.0593. The number of hydrogen-bond donors (Lipinski definition) is 0. The maximum Gasteiger partial charge on any atom is 0.225 e. The maximum atomic E-state index is 12.6. The largest absolute Gasteiger partial charge is 0.330 e. The normalized spacial score (nSPS) is 22.4. The lowest BCUT2D eigenvalue weighted by Crippen LogP contribution is -2.50. The minimum Gasteiger partial charge on any atom is -0.330 e. The zero-order valence-electron chi connectivity index (χ0n) is 17.0. The highest BCUT2D eigenvalue weighted by Crippen LogP contribution is 2.32. The van der Waals surface area contributed by atoms with E-state index < -0.39 is 0 Å². The van der Waals surface area contributed by atoms with Crippen LogP contribution in [0.5, 0.6) is 0 Å². The molecule has 1 unspecified atom stereocenters. The smallest absolute Gasteiger partial charge is 0.225 e. The summed E-state index contributed by atoms with van der Waals surface area (Å²) in [7, 11) is 0. The molecule has 1 saturated heterocycles. The predicted molar refractivity (Wildman–Crippen MR) is 117 cm³/mol. The Labute approximate surface area is 168 Å². The van der Waals surface area contributed by atoms with Gasteiger partial charge in [-0.2, -0.15) is 0 Å². The van der Waals surface area contributed by atoms with Crippen LogP contribution in [0.15, 0.2) is 29.3 Å². The zero-order valence-corrected chi connectivity index (χ0v) is 17.8. The van der Waals surface area contributed by atoms with Crippen molar-refractivity contribution in [3.05, 3.63) is 29.8 Å². The second-order valence-corrected chi connectivity index (χ2v) is 8.75. The topological polar surface area (TPSA) is 35.9 Å². The van der Waals surface area contributed by atoms with Crippen molar-refractivity contribution in [3.63, 3.8) is 0 Å². The molecule has 148 valence electrons. The van der Waals surface area contributed by atoms with Gasteiger partial charge in [0.25, 0.3) is 0 Å². The van der Waals surface area contributed by atoms with E-state index in [-0.39, 0.29) is 12.1 Å². The summed E-state index contributed by atoms with van der Waals surface area (Å²) < 4.78 is 0. The number of unbranched alkanes of at least 4 members (excludes halogenated alkanes) is 1. The first-order valence-electron chi connectivity index (χ1n) is 10.4. The van der Waals surface area contributed by atoms with Crippen LogP contribution in [0.3, 0.4) is 0 Å². The molecular formula is C22H33N3OS. The van der Waals surface area contributed by atoms with Crippen molar-refractivity contribution in [2.24, 2.45) is 4.99 Å². The van der Waals surface area contributed by atoms with E-state index in [1.807, 2.05) is 16.7 Å². The number of aliphatic imine (C=N–C) groups is 1. The summed E-state index contributed by atoms with van der Waals surface area (Å²) in [5.74, 6) is 0.993.